The van der Waals surface area contributed by atoms with Crippen LogP contribution in [-0.2, 0) is 4.74 Å². The van der Waals surface area contributed by atoms with Crippen LogP contribution in [0.15, 0.2) is 30.3 Å². The van der Waals surface area contributed by atoms with Gasteiger partial charge in [0.25, 0.3) is 0 Å². The zero-order valence-corrected chi connectivity index (χ0v) is 10.4. The summed E-state index contributed by atoms with van der Waals surface area (Å²) in [5, 5.41) is 0. The molecule has 0 saturated heterocycles. The van der Waals surface area contributed by atoms with Crippen molar-refractivity contribution in [3.8, 4) is 0 Å². The minimum Gasteiger partial charge on any atom is -0.370 e. The van der Waals surface area contributed by atoms with Crippen LogP contribution in [0.4, 0.5) is 0 Å². The van der Waals surface area contributed by atoms with E-state index >= 15 is 0 Å². The Morgan fingerprint density at radius 2 is 2.06 bits per heavy atom. The molecule has 0 aromatic heterocycles. The Morgan fingerprint density at radius 1 is 1.35 bits per heavy atom. The number of ketones is 1. The third-order valence-corrected chi connectivity index (χ3v) is 3.26. The van der Waals surface area contributed by atoms with Gasteiger partial charge in [-0.3, -0.25) is 4.79 Å². The van der Waals surface area contributed by atoms with Gasteiger partial charge in [0.15, 0.2) is 5.78 Å². The fourth-order valence-corrected chi connectivity index (χ4v) is 1.95. The molecule has 2 nitrogen and oxygen atoms in total. The topological polar surface area (TPSA) is 26.3 Å². The molecule has 1 saturated carbocycles. The van der Waals surface area contributed by atoms with E-state index in [1.165, 1.54) is 12.8 Å². The van der Waals surface area contributed by atoms with Gasteiger partial charge in [0.1, 0.15) is 6.10 Å². The molecule has 17 heavy (non-hydrogen) atoms. The summed E-state index contributed by atoms with van der Waals surface area (Å²) in [6, 6.07) is 9.42. The largest absolute Gasteiger partial charge is 0.370 e. The molecule has 1 aliphatic rings. The number of Topliss-reactive ketones (excluding diaryl/α,β-unsaturated/α-hetero) is 1. The van der Waals surface area contributed by atoms with Crippen molar-refractivity contribution in [3.63, 3.8) is 0 Å². The smallest absolute Gasteiger partial charge is 0.191 e. The fraction of sp³-hybridized carbons (Fsp3) is 0.533. The lowest BCUT2D eigenvalue weighted by Crippen LogP contribution is -2.24. The SMILES string of the molecule is CCC(OCCC1CC1)C(=O)c1ccccc1. The van der Waals surface area contributed by atoms with E-state index < -0.39 is 0 Å². The minimum atomic E-state index is -0.267. The van der Waals surface area contributed by atoms with Crippen LogP contribution >= 0.6 is 0 Å². The highest BCUT2D eigenvalue weighted by Crippen LogP contribution is 2.32. The Morgan fingerprint density at radius 3 is 2.65 bits per heavy atom. The van der Waals surface area contributed by atoms with Crippen LogP contribution in [0.25, 0.3) is 0 Å². The summed E-state index contributed by atoms with van der Waals surface area (Å²) in [4.78, 5) is 12.1. The van der Waals surface area contributed by atoms with Crippen LogP contribution in [0.3, 0.4) is 0 Å². The lowest BCUT2D eigenvalue weighted by atomic mass is 10.0. The normalized spacial score (nSPS) is 16.8. The van der Waals surface area contributed by atoms with Crippen molar-refractivity contribution in [2.75, 3.05) is 6.61 Å². The molecule has 1 unspecified atom stereocenters. The summed E-state index contributed by atoms with van der Waals surface area (Å²) in [6.07, 6.45) is 4.27. The molecule has 0 aliphatic heterocycles. The van der Waals surface area contributed by atoms with E-state index in [4.69, 9.17) is 4.74 Å². The van der Waals surface area contributed by atoms with E-state index in [1.807, 2.05) is 37.3 Å². The summed E-state index contributed by atoms with van der Waals surface area (Å²) >= 11 is 0. The Balaban J connectivity index is 1.85. The molecular weight excluding hydrogens is 212 g/mol. The second-order valence-corrected chi connectivity index (χ2v) is 4.73. The Hall–Kier alpha value is -1.15. The Kier molecular flexibility index (Phi) is 4.32. The molecule has 2 heteroatoms. The Bertz CT molecular complexity index is 354. The van der Waals surface area contributed by atoms with Crippen LogP contribution in [0.1, 0.15) is 43.0 Å². The number of hydrogen-bond donors (Lipinski definition) is 0. The number of carbonyl (C=O) groups is 1. The standard InChI is InChI=1S/C15H20O2/c1-2-14(17-11-10-12-8-9-12)15(16)13-6-4-3-5-7-13/h3-7,12,14H,2,8-11H2,1H3. The van der Waals surface area contributed by atoms with Gasteiger partial charge < -0.3 is 4.74 Å². The number of rotatable bonds is 7. The van der Waals surface area contributed by atoms with Crippen molar-refractivity contribution in [1.29, 1.82) is 0 Å². The first-order valence-electron chi connectivity index (χ1n) is 6.52. The van der Waals surface area contributed by atoms with Gasteiger partial charge in [-0.1, -0.05) is 50.1 Å². The van der Waals surface area contributed by atoms with Crippen molar-refractivity contribution in [3.05, 3.63) is 35.9 Å². The molecule has 1 aromatic carbocycles. The molecule has 0 spiro atoms. The van der Waals surface area contributed by atoms with Gasteiger partial charge in [0.05, 0.1) is 0 Å². The maximum Gasteiger partial charge on any atom is 0.191 e. The average Bonchev–Trinajstić information content (AvgIpc) is 3.19. The molecule has 1 aliphatic carbocycles. The predicted molar refractivity (Wildman–Crippen MR) is 68.1 cm³/mol. The lowest BCUT2D eigenvalue weighted by molar-refractivity contribution is 0.0376. The van der Waals surface area contributed by atoms with E-state index in [0.29, 0.717) is 0 Å². The summed E-state index contributed by atoms with van der Waals surface area (Å²) < 4.78 is 5.71. The second-order valence-electron chi connectivity index (χ2n) is 4.73. The number of carbonyl (C=O) groups excluding carboxylic acids is 1. The summed E-state index contributed by atoms with van der Waals surface area (Å²) in [6.45, 7) is 2.73. The van der Waals surface area contributed by atoms with Gasteiger partial charge in [-0.15, -0.1) is 0 Å². The van der Waals surface area contributed by atoms with Gasteiger partial charge in [0.2, 0.25) is 0 Å². The monoisotopic (exact) mass is 232 g/mol. The van der Waals surface area contributed by atoms with E-state index in [1.54, 1.807) is 0 Å². The molecule has 0 amide bonds. The number of hydrogen-bond acceptors (Lipinski definition) is 2. The van der Waals surface area contributed by atoms with Crippen LogP contribution in [0.5, 0.6) is 0 Å². The maximum absolute atomic E-state index is 12.1. The van der Waals surface area contributed by atoms with Crippen LogP contribution in [0.2, 0.25) is 0 Å². The highest BCUT2D eigenvalue weighted by atomic mass is 16.5. The minimum absolute atomic E-state index is 0.115. The van der Waals surface area contributed by atoms with Gasteiger partial charge in [-0.05, 0) is 18.8 Å². The zero-order valence-electron chi connectivity index (χ0n) is 10.4. The number of ether oxygens (including phenoxy) is 1. The van der Waals surface area contributed by atoms with Crippen molar-refractivity contribution in [2.24, 2.45) is 5.92 Å². The van der Waals surface area contributed by atoms with Crippen LogP contribution in [0, 0.1) is 5.92 Å². The van der Waals surface area contributed by atoms with Crippen molar-refractivity contribution >= 4 is 5.78 Å². The predicted octanol–water partition coefficient (Wildman–Crippen LogP) is 3.46. The zero-order chi connectivity index (χ0) is 12.1. The average molecular weight is 232 g/mol. The maximum atomic E-state index is 12.1. The molecule has 0 bridgehead atoms. The third-order valence-electron chi connectivity index (χ3n) is 3.26. The molecule has 0 heterocycles. The van der Waals surface area contributed by atoms with Gasteiger partial charge >= 0.3 is 0 Å². The summed E-state index contributed by atoms with van der Waals surface area (Å²) in [5.41, 5.74) is 0.755. The number of benzene rings is 1. The molecule has 0 radical (unpaired) electrons. The van der Waals surface area contributed by atoms with E-state index in [2.05, 4.69) is 0 Å². The van der Waals surface area contributed by atoms with E-state index in [9.17, 15) is 4.79 Å². The van der Waals surface area contributed by atoms with E-state index in [-0.39, 0.29) is 11.9 Å². The lowest BCUT2D eigenvalue weighted by Gasteiger charge is -2.14. The van der Waals surface area contributed by atoms with E-state index in [0.717, 1.165) is 30.9 Å². The van der Waals surface area contributed by atoms with Crippen molar-refractivity contribution in [2.45, 2.75) is 38.7 Å². The molecule has 92 valence electrons. The molecule has 2 rings (SSSR count). The summed E-state index contributed by atoms with van der Waals surface area (Å²) in [7, 11) is 0. The second kappa shape index (κ2) is 5.97. The van der Waals surface area contributed by atoms with Gasteiger partial charge in [-0.25, -0.2) is 0 Å². The molecule has 1 atom stereocenters. The highest BCUT2D eigenvalue weighted by molar-refractivity contribution is 5.99. The molecule has 1 aromatic rings. The van der Waals surface area contributed by atoms with Crippen molar-refractivity contribution in [1.82, 2.24) is 0 Å². The first-order valence-corrected chi connectivity index (χ1v) is 6.52. The van der Waals surface area contributed by atoms with Crippen LogP contribution in [-0.4, -0.2) is 18.5 Å². The third kappa shape index (κ3) is 3.67. The molecule has 0 N–H and O–H groups in total. The summed E-state index contributed by atoms with van der Waals surface area (Å²) in [5.74, 6) is 0.975. The quantitative estimate of drug-likeness (QED) is 0.673. The fourth-order valence-electron chi connectivity index (χ4n) is 1.95. The first-order chi connectivity index (χ1) is 8.31. The highest BCUT2D eigenvalue weighted by Gasteiger charge is 2.23. The van der Waals surface area contributed by atoms with Crippen molar-refractivity contribution < 1.29 is 9.53 Å². The van der Waals surface area contributed by atoms with Gasteiger partial charge in [-0.2, -0.15) is 0 Å². The first kappa shape index (κ1) is 12.3. The van der Waals surface area contributed by atoms with Gasteiger partial charge in [0, 0.05) is 12.2 Å². The molecular formula is C15H20O2. The molecule has 1 fully saturated rings. The Labute approximate surface area is 103 Å². The van der Waals surface area contributed by atoms with Crippen LogP contribution < -0.4 is 0 Å².